The fraction of sp³-hybridized carbons (Fsp3) is 0.500. The fourth-order valence-electron chi connectivity index (χ4n) is 2.71. The Balaban J connectivity index is 2.07. The smallest absolute Gasteiger partial charge is 0.0110 e. The van der Waals surface area contributed by atoms with E-state index in [9.17, 15) is 0 Å². The van der Waals surface area contributed by atoms with E-state index in [1.165, 1.54) is 36.8 Å². The monoisotopic (exact) mass is 229 g/mol. The summed E-state index contributed by atoms with van der Waals surface area (Å²) in [5.41, 5.74) is 8.28. The zero-order valence-corrected chi connectivity index (χ0v) is 10.7. The first-order chi connectivity index (χ1) is 8.29. The third-order valence-electron chi connectivity index (χ3n) is 3.84. The Morgan fingerprint density at radius 2 is 2.00 bits per heavy atom. The van der Waals surface area contributed by atoms with Crippen molar-refractivity contribution in [3.8, 4) is 0 Å². The molecule has 1 aromatic carbocycles. The van der Waals surface area contributed by atoms with Gasteiger partial charge in [-0.3, -0.25) is 0 Å². The summed E-state index contributed by atoms with van der Waals surface area (Å²) in [6.45, 7) is 2.99. The van der Waals surface area contributed by atoms with E-state index in [4.69, 9.17) is 5.73 Å². The minimum atomic E-state index is 0.616. The van der Waals surface area contributed by atoms with Crippen molar-refractivity contribution in [3.05, 3.63) is 41.5 Å². The van der Waals surface area contributed by atoms with Gasteiger partial charge >= 0.3 is 0 Å². The van der Waals surface area contributed by atoms with Crippen LogP contribution in [0.15, 0.2) is 30.3 Å². The quantitative estimate of drug-likeness (QED) is 0.834. The first kappa shape index (κ1) is 12.4. The second kappa shape index (κ2) is 6.02. The second-order valence-electron chi connectivity index (χ2n) is 5.26. The Morgan fingerprint density at radius 1 is 1.24 bits per heavy atom. The number of rotatable bonds is 3. The molecule has 1 aliphatic carbocycles. The molecule has 0 radical (unpaired) electrons. The summed E-state index contributed by atoms with van der Waals surface area (Å²) < 4.78 is 0. The van der Waals surface area contributed by atoms with Crippen LogP contribution in [0.3, 0.4) is 0 Å². The summed E-state index contributed by atoms with van der Waals surface area (Å²) in [5.74, 6) is 1.70. The van der Waals surface area contributed by atoms with Gasteiger partial charge in [0.25, 0.3) is 0 Å². The summed E-state index contributed by atoms with van der Waals surface area (Å²) in [6.07, 6.45) is 9.61. The maximum Gasteiger partial charge on any atom is 0.0110 e. The number of hydrogen-bond donors (Lipinski definition) is 1. The third-order valence-corrected chi connectivity index (χ3v) is 3.84. The molecule has 0 amide bonds. The zero-order chi connectivity index (χ0) is 12.1. The zero-order valence-electron chi connectivity index (χ0n) is 10.7. The highest BCUT2D eigenvalue weighted by Gasteiger charge is 2.19. The Bertz CT molecular complexity index is 373. The molecule has 1 fully saturated rings. The van der Waals surface area contributed by atoms with E-state index in [1.54, 1.807) is 0 Å². The van der Waals surface area contributed by atoms with E-state index in [0.29, 0.717) is 6.54 Å². The Kier molecular flexibility index (Phi) is 4.38. The summed E-state index contributed by atoms with van der Waals surface area (Å²) >= 11 is 0. The van der Waals surface area contributed by atoms with Gasteiger partial charge in [-0.05, 0) is 35.8 Å². The van der Waals surface area contributed by atoms with Crippen molar-refractivity contribution in [2.75, 3.05) is 6.54 Å². The van der Waals surface area contributed by atoms with Gasteiger partial charge in [-0.25, -0.2) is 0 Å². The molecule has 0 heterocycles. The largest absolute Gasteiger partial charge is 0.327 e. The third kappa shape index (κ3) is 3.44. The fourth-order valence-corrected chi connectivity index (χ4v) is 2.71. The van der Waals surface area contributed by atoms with Gasteiger partial charge in [-0.1, -0.05) is 56.2 Å². The van der Waals surface area contributed by atoms with Crippen molar-refractivity contribution in [3.63, 3.8) is 0 Å². The van der Waals surface area contributed by atoms with Crippen molar-refractivity contribution in [2.24, 2.45) is 11.7 Å². The lowest BCUT2D eigenvalue weighted by Gasteiger charge is -2.26. The lowest BCUT2D eigenvalue weighted by atomic mass is 9.79. The normalized spacial score (nSPS) is 25.3. The van der Waals surface area contributed by atoms with Gasteiger partial charge in [0.05, 0.1) is 0 Å². The van der Waals surface area contributed by atoms with E-state index in [-0.39, 0.29) is 0 Å². The molecule has 0 unspecified atom stereocenters. The van der Waals surface area contributed by atoms with Crippen LogP contribution in [-0.4, -0.2) is 6.54 Å². The highest BCUT2D eigenvalue weighted by molar-refractivity contribution is 5.50. The van der Waals surface area contributed by atoms with E-state index in [2.05, 4.69) is 37.3 Å². The molecule has 0 aromatic heterocycles. The van der Waals surface area contributed by atoms with Crippen LogP contribution in [-0.2, 0) is 0 Å². The van der Waals surface area contributed by atoms with Crippen molar-refractivity contribution < 1.29 is 0 Å². The lowest BCUT2D eigenvalue weighted by molar-refractivity contribution is 0.348. The van der Waals surface area contributed by atoms with E-state index >= 15 is 0 Å². The predicted molar refractivity (Wildman–Crippen MR) is 74.9 cm³/mol. The Morgan fingerprint density at radius 3 is 2.71 bits per heavy atom. The second-order valence-corrected chi connectivity index (χ2v) is 5.26. The molecule has 0 bridgehead atoms. The molecule has 1 heteroatoms. The van der Waals surface area contributed by atoms with Gasteiger partial charge in [0.15, 0.2) is 0 Å². The van der Waals surface area contributed by atoms with Gasteiger partial charge in [0, 0.05) is 6.54 Å². The first-order valence-electron chi connectivity index (χ1n) is 6.76. The molecular weight excluding hydrogens is 206 g/mol. The molecule has 0 spiro atoms. The number of nitrogens with two attached hydrogens (primary N) is 1. The molecule has 1 aromatic rings. The van der Waals surface area contributed by atoms with E-state index < -0.39 is 0 Å². The molecule has 0 saturated heterocycles. The summed E-state index contributed by atoms with van der Waals surface area (Å²) in [7, 11) is 0. The van der Waals surface area contributed by atoms with E-state index in [0.717, 1.165) is 11.8 Å². The molecular formula is C16H23N. The highest BCUT2D eigenvalue weighted by Crippen LogP contribution is 2.35. The molecule has 0 atom stereocenters. The van der Waals surface area contributed by atoms with Gasteiger partial charge < -0.3 is 5.73 Å². The van der Waals surface area contributed by atoms with Crippen LogP contribution in [0.4, 0.5) is 0 Å². The Hall–Kier alpha value is -1.08. The van der Waals surface area contributed by atoms with Gasteiger partial charge in [0.1, 0.15) is 0 Å². The maximum atomic E-state index is 5.49. The van der Waals surface area contributed by atoms with Crippen molar-refractivity contribution >= 4 is 6.08 Å². The van der Waals surface area contributed by atoms with Gasteiger partial charge in [-0.2, -0.15) is 0 Å². The molecule has 92 valence electrons. The standard InChI is InChI=1S/C16H23N/c1-13-7-9-15(10-8-13)16-6-2-4-14(12-16)5-3-11-17/h2-6,12-13,15H,7-11,17H2,1H3/b5-3+. The average Bonchev–Trinajstić information content (AvgIpc) is 2.37. The number of hydrogen-bond acceptors (Lipinski definition) is 1. The van der Waals surface area contributed by atoms with E-state index in [1.807, 2.05) is 6.08 Å². The molecule has 1 aliphatic rings. The summed E-state index contributed by atoms with van der Waals surface area (Å²) in [6, 6.07) is 8.93. The average molecular weight is 229 g/mol. The van der Waals surface area contributed by atoms with Crippen molar-refractivity contribution in [1.82, 2.24) is 0 Å². The van der Waals surface area contributed by atoms with Gasteiger partial charge in [-0.15, -0.1) is 0 Å². The first-order valence-corrected chi connectivity index (χ1v) is 6.76. The number of benzene rings is 1. The SMILES string of the molecule is CC1CCC(c2cccc(/C=C/CN)c2)CC1. The molecule has 17 heavy (non-hydrogen) atoms. The Labute approximate surface area is 105 Å². The summed E-state index contributed by atoms with van der Waals surface area (Å²) in [4.78, 5) is 0. The van der Waals surface area contributed by atoms with Gasteiger partial charge in [0.2, 0.25) is 0 Å². The highest BCUT2D eigenvalue weighted by atomic mass is 14.5. The van der Waals surface area contributed by atoms with Crippen molar-refractivity contribution in [2.45, 2.75) is 38.5 Å². The maximum absolute atomic E-state index is 5.49. The van der Waals surface area contributed by atoms with Crippen LogP contribution in [0.1, 0.15) is 49.7 Å². The molecule has 2 rings (SSSR count). The topological polar surface area (TPSA) is 26.0 Å². The lowest BCUT2D eigenvalue weighted by Crippen LogP contribution is -2.10. The summed E-state index contributed by atoms with van der Waals surface area (Å²) in [5, 5.41) is 0. The minimum absolute atomic E-state index is 0.616. The molecule has 1 saturated carbocycles. The van der Waals surface area contributed by atoms with Crippen LogP contribution in [0.2, 0.25) is 0 Å². The van der Waals surface area contributed by atoms with Crippen LogP contribution < -0.4 is 5.73 Å². The predicted octanol–water partition coefficient (Wildman–Crippen LogP) is 3.95. The minimum Gasteiger partial charge on any atom is -0.327 e. The molecule has 0 aliphatic heterocycles. The van der Waals surface area contributed by atoms with Crippen LogP contribution in [0.25, 0.3) is 6.08 Å². The van der Waals surface area contributed by atoms with Crippen LogP contribution >= 0.6 is 0 Å². The molecule has 2 N–H and O–H groups in total. The van der Waals surface area contributed by atoms with Crippen LogP contribution in [0.5, 0.6) is 0 Å². The van der Waals surface area contributed by atoms with Crippen LogP contribution in [0, 0.1) is 5.92 Å². The van der Waals surface area contributed by atoms with Crippen molar-refractivity contribution in [1.29, 1.82) is 0 Å². The molecule has 1 nitrogen and oxygen atoms in total.